The summed E-state index contributed by atoms with van der Waals surface area (Å²) in [4.78, 5) is 24.1. The molecule has 3 amide bonds. The van der Waals surface area contributed by atoms with Crippen LogP contribution in [0.2, 0.25) is 0 Å². The number of carbonyl (C=O) groups is 2. The zero-order valence-electron chi connectivity index (χ0n) is 7.88. The SMILES string of the molecule is O=C1N[C@@H](CO)C(=O)N1c1ccccc1. The minimum absolute atomic E-state index is 0.381. The van der Waals surface area contributed by atoms with Crippen molar-refractivity contribution in [1.29, 1.82) is 0 Å². The largest absolute Gasteiger partial charge is 0.394 e. The van der Waals surface area contributed by atoms with Crippen molar-refractivity contribution < 1.29 is 14.7 Å². The van der Waals surface area contributed by atoms with Crippen LogP contribution in [0.25, 0.3) is 0 Å². The number of imide groups is 1. The summed E-state index contributed by atoms with van der Waals surface area (Å²) in [7, 11) is 0. The van der Waals surface area contributed by atoms with E-state index in [9.17, 15) is 9.59 Å². The molecular weight excluding hydrogens is 196 g/mol. The number of benzene rings is 1. The van der Waals surface area contributed by atoms with Gasteiger partial charge in [0.2, 0.25) is 0 Å². The number of anilines is 1. The monoisotopic (exact) mass is 206 g/mol. The van der Waals surface area contributed by atoms with Crippen LogP contribution in [-0.2, 0) is 4.79 Å². The molecule has 0 radical (unpaired) electrons. The van der Waals surface area contributed by atoms with Crippen molar-refractivity contribution in [3.8, 4) is 0 Å². The lowest BCUT2D eigenvalue weighted by molar-refractivity contribution is -0.119. The number of urea groups is 1. The van der Waals surface area contributed by atoms with Gasteiger partial charge >= 0.3 is 6.03 Å². The van der Waals surface area contributed by atoms with E-state index in [4.69, 9.17) is 5.11 Å². The van der Waals surface area contributed by atoms with Gasteiger partial charge < -0.3 is 10.4 Å². The Balaban J connectivity index is 2.31. The van der Waals surface area contributed by atoms with E-state index in [-0.39, 0.29) is 6.61 Å². The highest BCUT2D eigenvalue weighted by Crippen LogP contribution is 2.18. The smallest absolute Gasteiger partial charge is 0.329 e. The van der Waals surface area contributed by atoms with E-state index in [1.54, 1.807) is 30.3 Å². The molecular formula is C10H10N2O3. The highest BCUT2D eigenvalue weighted by atomic mass is 16.3. The summed E-state index contributed by atoms with van der Waals surface area (Å²) in [5.41, 5.74) is 0.510. The Morgan fingerprint density at radius 2 is 1.93 bits per heavy atom. The van der Waals surface area contributed by atoms with E-state index >= 15 is 0 Å². The highest BCUT2D eigenvalue weighted by Gasteiger charge is 2.38. The van der Waals surface area contributed by atoms with Gasteiger partial charge in [-0.2, -0.15) is 0 Å². The lowest BCUT2D eigenvalue weighted by Crippen LogP contribution is -2.33. The molecule has 0 spiro atoms. The predicted octanol–water partition coefficient (Wildman–Crippen LogP) is 0.104. The van der Waals surface area contributed by atoms with Crippen LogP contribution in [0.5, 0.6) is 0 Å². The second-order valence-corrected chi connectivity index (χ2v) is 3.19. The van der Waals surface area contributed by atoms with Crippen molar-refractivity contribution in [2.75, 3.05) is 11.5 Å². The Kier molecular flexibility index (Phi) is 2.39. The van der Waals surface area contributed by atoms with E-state index in [1.807, 2.05) is 0 Å². The Labute approximate surface area is 86.3 Å². The number of amides is 3. The van der Waals surface area contributed by atoms with Gasteiger partial charge in [0.05, 0.1) is 12.3 Å². The lowest BCUT2D eigenvalue weighted by atomic mass is 10.2. The van der Waals surface area contributed by atoms with Crippen LogP contribution in [0, 0.1) is 0 Å². The minimum Gasteiger partial charge on any atom is -0.394 e. The van der Waals surface area contributed by atoms with Crippen molar-refractivity contribution in [2.45, 2.75) is 6.04 Å². The molecule has 0 saturated carbocycles. The number of nitrogens with one attached hydrogen (secondary N) is 1. The zero-order chi connectivity index (χ0) is 10.8. The third-order valence-corrected chi connectivity index (χ3v) is 2.22. The third kappa shape index (κ3) is 1.57. The number of aliphatic hydroxyl groups excluding tert-OH is 1. The Bertz CT molecular complexity index is 391. The second-order valence-electron chi connectivity index (χ2n) is 3.19. The van der Waals surface area contributed by atoms with Gasteiger partial charge in [-0.3, -0.25) is 4.79 Å². The molecule has 5 heteroatoms. The number of hydrogen-bond acceptors (Lipinski definition) is 3. The quantitative estimate of drug-likeness (QED) is 0.674. The molecule has 1 atom stereocenters. The molecule has 2 rings (SSSR count). The summed E-state index contributed by atoms with van der Waals surface area (Å²) in [6, 6.07) is 7.28. The fourth-order valence-corrected chi connectivity index (χ4v) is 1.48. The Morgan fingerprint density at radius 1 is 1.27 bits per heavy atom. The molecule has 1 aromatic rings. The first-order valence-corrected chi connectivity index (χ1v) is 4.54. The summed E-state index contributed by atoms with van der Waals surface area (Å²) in [5, 5.41) is 11.2. The van der Waals surface area contributed by atoms with E-state index < -0.39 is 18.0 Å². The van der Waals surface area contributed by atoms with E-state index in [0.717, 1.165) is 4.90 Å². The van der Waals surface area contributed by atoms with Gasteiger partial charge in [0, 0.05) is 0 Å². The first kappa shape index (κ1) is 9.67. The molecule has 0 bridgehead atoms. The summed E-state index contributed by atoms with van der Waals surface area (Å²) in [6.45, 7) is -0.381. The summed E-state index contributed by atoms with van der Waals surface area (Å²) < 4.78 is 0. The van der Waals surface area contributed by atoms with Crippen molar-refractivity contribution in [2.24, 2.45) is 0 Å². The number of nitrogens with zero attached hydrogens (tertiary/aromatic N) is 1. The average molecular weight is 206 g/mol. The van der Waals surface area contributed by atoms with Crippen molar-refractivity contribution in [3.05, 3.63) is 30.3 Å². The zero-order valence-corrected chi connectivity index (χ0v) is 7.88. The number of para-hydroxylation sites is 1. The molecule has 1 heterocycles. The van der Waals surface area contributed by atoms with Crippen LogP contribution in [-0.4, -0.2) is 29.7 Å². The van der Waals surface area contributed by atoms with E-state index in [1.165, 1.54) is 0 Å². The molecule has 2 N–H and O–H groups in total. The predicted molar refractivity (Wildman–Crippen MR) is 53.3 cm³/mol. The molecule has 0 aromatic heterocycles. The van der Waals surface area contributed by atoms with Gasteiger partial charge in [-0.1, -0.05) is 18.2 Å². The molecule has 78 valence electrons. The number of aliphatic hydroxyl groups is 1. The standard InChI is InChI=1S/C10H10N2O3/c13-6-8-9(14)12(10(15)11-8)7-4-2-1-3-5-7/h1-5,8,13H,6H2,(H,11,15)/t8-/m0/s1. The normalized spacial score (nSPS) is 20.6. The second kappa shape index (κ2) is 3.70. The third-order valence-electron chi connectivity index (χ3n) is 2.22. The van der Waals surface area contributed by atoms with Crippen molar-refractivity contribution in [1.82, 2.24) is 5.32 Å². The maximum atomic E-state index is 11.6. The molecule has 1 aromatic carbocycles. The van der Waals surface area contributed by atoms with Gasteiger partial charge in [0.25, 0.3) is 5.91 Å². The molecule has 1 aliphatic rings. The van der Waals surface area contributed by atoms with Crippen molar-refractivity contribution >= 4 is 17.6 Å². The fourth-order valence-electron chi connectivity index (χ4n) is 1.48. The Hall–Kier alpha value is -1.88. The molecule has 0 aliphatic carbocycles. The highest BCUT2D eigenvalue weighted by molar-refractivity contribution is 6.21. The number of carbonyl (C=O) groups excluding carboxylic acids is 2. The minimum atomic E-state index is -0.822. The molecule has 1 fully saturated rings. The van der Waals surface area contributed by atoms with Crippen LogP contribution < -0.4 is 10.2 Å². The molecule has 5 nitrogen and oxygen atoms in total. The van der Waals surface area contributed by atoms with Crippen LogP contribution >= 0.6 is 0 Å². The lowest BCUT2D eigenvalue weighted by Gasteiger charge is -2.11. The van der Waals surface area contributed by atoms with Gasteiger partial charge in [-0.15, -0.1) is 0 Å². The van der Waals surface area contributed by atoms with Gasteiger partial charge in [0.15, 0.2) is 0 Å². The maximum absolute atomic E-state index is 11.6. The fraction of sp³-hybridized carbons (Fsp3) is 0.200. The van der Waals surface area contributed by atoms with Gasteiger partial charge in [-0.25, -0.2) is 9.69 Å². The number of hydrogen-bond donors (Lipinski definition) is 2. The first-order chi connectivity index (χ1) is 7.24. The van der Waals surface area contributed by atoms with Crippen LogP contribution in [0.15, 0.2) is 30.3 Å². The summed E-state index contributed by atoms with van der Waals surface area (Å²) >= 11 is 0. The van der Waals surface area contributed by atoms with Crippen LogP contribution in [0.4, 0.5) is 10.5 Å². The first-order valence-electron chi connectivity index (χ1n) is 4.54. The summed E-state index contributed by atoms with van der Waals surface area (Å²) in [5.74, 6) is -0.422. The maximum Gasteiger partial charge on any atom is 0.329 e. The summed E-state index contributed by atoms with van der Waals surface area (Å²) in [6.07, 6.45) is 0. The van der Waals surface area contributed by atoms with Crippen LogP contribution in [0.1, 0.15) is 0 Å². The molecule has 15 heavy (non-hydrogen) atoms. The topological polar surface area (TPSA) is 69.6 Å². The van der Waals surface area contributed by atoms with Crippen molar-refractivity contribution in [3.63, 3.8) is 0 Å². The van der Waals surface area contributed by atoms with E-state index in [2.05, 4.69) is 5.32 Å². The molecule has 0 unspecified atom stereocenters. The van der Waals surface area contributed by atoms with Gasteiger partial charge in [-0.05, 0) is 12.1 Å². The van der Waals surface area contributed by atoms with Gasteiger partial charge in [0.1, 0.15) is 6.04 Å². The average Bonchev–Trinajstić information content (AvgIpc) is 2.55. The number of rotatable bonds is 2. The van der Waals surface area contributed by atoms with E-state index in [0.29, 0.717) is 5.69 Å². The molecule has 1 aliphatic heterocycles. The van der Waals surface area contributed by atoms with Crippen LogP contribution in [0.3, 0.4) is 0 Å². The Morgan fingerprint density at radius 3 is 2.47 bits per heavy atom. The molecule has 1 saturated heterocycles.